The number of likely N-dealkylation sites (tertiary alicyclic amines) is 1. The third kappa shape index (κ3) is 3.34. The molecule has 2 atom stereocenters. The van der Waals surface area contributed by atoms with Crippen molar-refractivity contribution in [3.8, 4) is 0 Å². The lowest BCUT2D eigenvalue weighted by atomic mass is 9.84. The van der Waals surface area contributed by atoms with Crippen molar-refractivity contribution < 1.29 is 19.2 Å². The molecule has 7 nitrogen and oxygen atoms in total. The van der Waals surface area contributed by atoms with Crippen molar-refractivity contribution in [3.05, 3.63) is 11.7 Å². The van der Waals surface area contributed by atoms with Gasteiger partial charge in [0, 0.05) is 26.4 Å². The lowest BCUT2D eigenvalue weighted by Crippen LogP contribution is -2.42. The minimum absolute atomic E-state index is 0.0510. The molecule has 0 bridgehead atoms. The predicted molar refractivity (Wildman–Crippen MR) is 69.1 cm³/mol. The molecule has 7 heteroatoms. The van der Waals surface area contributed by atoms with Gasteiger partial charge in [0.15, 0.2) is 0 Å². The molecule has 0 spiro atoms. The molecule has 1 saturated heterocycles. The molecule has 2 unspecified atom stereocenters. The zero-order valence-corrected chi connectivity index (χ0v) is 11.7. The summed E-state index contributed by atoms with van der Waals surface area (Å²) in [6, 6.07) is 0. The van der Waals surface area contributed by atoms with E-state index in [0.717, 1.165) is 12.8 Å². The van der Waals surface area contributed by atoms with Crippen LogP contribution in [0.3, 0.4) is 0 Å². The minimum Gasteiger partial charge on any atom is -0.481 e. The summed E-state index contributed by atoms with van der Waals surface area (Å²) in [4.78, 5) is 28.6. The molecule has 1 aliphatic rings. The maximum Gasteiger partial charge on any atom is 0.303 e. The van der Waals surface area contributed by atoms with Gasteiger partial charge in [-0.2, -0.15) is 4.98 Å². The maximum absolute atomic E-state index is 12.2. The van der Waals surface area contributed by atoms with Crippen LogP contribution >= 0.6 is 0 Å². The Morgan fingerprint density at radius 2 is 2.30 bits per heavy atom. The van der Waals surface area contributed by atoms with Gasteiger partial charge in [0.05, 0.1) is 0 Å². The van der Waals surface area contributed by atoms with Crippen LogP contribution in [0.15, 0.2) is 4.52 Å². The van der Waals surface area contributed by atoms with E-state index in [4.69, 9.17) is 9.63 Å². The van der Waals surface area contributed by atoms with Crippen LogP contribution in [0, 0.1) is 18.8 Å². The third-order valence-corrected chi connectivity index (χ3v) is 3.77. The fourth-order valence-electron chi connectivity index (χ4n) is 2.63. The number of rotatable bonds is 4. The predicted octanol–water partition coefficient (Wildman–Crippen LogP) is 1.34. The molecular formula is C13H19N3O4. The van der Waals surface area contributed by atoms with Crippen LogP contribution < -0.4 is 0 Å². The summed E-state index contributed by atoms with van der Waals surface area (Å²) in [6.45, 7) is 4.77. The molecular weight excluding hydrogens is 262 g/mol. The zero-order chi connectivity index (χ0) is 14.7. The van der Waals surface area contributed by atoms with E-state index in [1.54, 1.807) is 11.8 Å². The average Bonchev–Trinajstić information content (AvgIpc) is 2.84. The molecule has 1 aliphatic heterocycles. The Bertz CT molecular complexity index is 500. The Hall–Kier alpha value is -1.92. The normalized spacial score (nSPS) is 20.7. The molecule has 1 fully saturated rings. The number of carbonyl (C=O) groups is 2. The van der Waals surface area contributed by atoms with Crippen LogP contribution in [0.2, 0.25) is 0 Å². The van der Waals surface area contributed by atoms with Crippen LogP contribution in [0.25, 0.3) is 0 Å². The van der Waals surface area contributed by atoms with Gasteiger partial charge in [0.25, 0.3) is 11.7 Å². The van der Waals surface area contributed by atoms with Crippen LogP contribution in [0.4, 0.5) is 0 Å². The lowest BCUT2D eigenvalue weighted by Gasteiger charge is -2.34. The summed E-state index contributed by atoms with van der Waals surface area (Å²) < 4.78 is 4.82. The van der Waals surface area contributed by atoms with E-state index < -0.39 is 5.97 Å². The highest BCUT2D eigenvalue weighted by molar-refractivity contribution is 5.90. The molecule has 2 heterocycles. The molecule has 0 saturated carbocycles. The van der Waals surface area contributed by atoms with Crippen LogP contribution in [-0.2, 0) is 4.79 Å². The van der Waals surface area contributed by atoms with E-state index in [9.17, 15) is 9.59 Å². The maximum atomic E-state index is 12.2. The van der Waals surface area contributed by atoms with Crippen molar-refractivity contribution in [1.82, 2.24) is 15.0 Å². The molecule has 1 amide bonds. The molecule has 0 radical (unpaired) electrons. The fraction of sp³-hybridized carbons (Fsp3) is 0.692. The monoisotopic (exact) mass is 281 g/mol. The quantitative estimate of drug-likeness (QED) is 0.894. The van der Waals surface area contributed by atoms with Crippen molar-refractivity contribution in [2.24, 2.45) is 11.8 Å². The summed E-state index contributed by atoms with van der Waals surface area (Å²) in [5.74, 6) is -0.342. The summed E-state index contributed by atoms with van der Waals surface area (Å²) >= 11 is 0. The summed E-state index contributed by atoms with van der Waals surface area (Å²) in [5, 5.41) is 12.5. The number of aryl methyl sites for hydroxylation is 1. The number of piperidine rings is 1. The first-order chi connectivity index (χ1) is 9.47. The number of nitrogens with zero attached hydrogens (tertiary/aromatic N) is 3. The Morgan fingerprint density at radius 1 is 1.55 bits per heavy atom. The largest absolute Gasteiger partial charge is 0.481 e. The van der Waals surface area contributed by atoms with Crippen molar-refractivity contribution in [1.29, 1.82) is 0 Å². The minimum atomic E-state index is -0.797. The third-order valence-electron chi connectivity index (χ3n) is 3.77. The summed E-state index contributed by atoms with van der Waals surface area (Å²) in [7, 11) is 0. The Balaban J connectivity index is 1.99. The standard InChI is InChI=1S/C13H19N3O4/c1-8(6-11(17)18)10-4-3-5-16(7-10)13(19)12-14-9(2)20-15-12/h8,10H,3-7H2,1-2H3,(H,17,18). The molecule has 1 aromatic rings. The van der Waals surface area contributed by atoms with E-state index in [2.05, 4.69) is 10.1 Å². The van der Waals surface area contributed by atoms with Gasteiger partial charge < -0.3 is 14.5 Å². The second-order valence-electron chi connectivity index (χ2n) is 5.37. The summed E-state index contributed by atoms with van der Waals surface area (Å²) in [6.07, 6.45) is 1.95. The first kappa shape index (κ1) is 14.5. The van der Waals surface area contributed by atoms with E-state index in [1.807, 2.05) is 6.92 Å². The zero-order valence-electron chi connectivity index (χ0n) is 11.7. The van der Waals surface area contributed by atoms with Crippen LogP contribution in [0.5, 0.6) is 0 Å². The SMILES string of the molecule is Cc1nc(C(=O)N2CCCC(C(C)CC(=O)O)C2)no1. The van der Waals surface area contributed by atoms with E-state index >= 15 is 0 Å². The summed E-state index contributed by atoms with van der Waals surface area (Å²) in [5.41, 5.74) is 0. The number of carboxylic acid groups (broad SMARTS) is 1. The molecule has 0 aliphatic carbocycles. The van der Waals surface area contributed by atoms with E-state index in [-0.39, 0.29) is 30.0 Å². The first-order valence-corrected chi connectivity index (χ1v) is 6.78. The van der Waals surface area contributed by atoms with Gasteiger partial charge in [-0.3, -0.25) is 9.59 Å². The van der Waals surface area contributed by atoms with Crippen molar-refractivity contribution >= 4 is 11.9 Å². The number of aromatic nitrogens is 2. The second-order valence-corrected chi connectivity index (χ2v) is 5.37. The number of carboxylic acids is 1. The second kappa shape index (κ2) is 6.02. The number of hydrogen-bond acceptors (Lipinski definition) is 5. The molecule has 20 heavy (non-hydrogen) atoms. The lowest BCUT2D eigenvalue weighted by molar-refractivity contribution is -0.138. The Kier molecular flexibility index (Phi) is 4.36. The van der Waals surface area contributed by atoms with Crippen molar-refractivity contribution in [2.45, 2.75) is 33.1 Å². The smallest absolute Gasteiger partial charge is 0.303 e. The molecule has 0 aromatic carbocycles. The highest BCUT2D eigenvalue weighted by Crippen LogP contribution is 2.26. The molecule has 1 N–H and O–H groups in total. The Labute approximate surface area is 117 Å². The molecule has 1 aromatic heterocycles. The highest BCUT2D eigenvalue weighted by Gasteiger charge is 2.30. The number of amides is 1. The van der Waals surface area contributed by atoms with Gasteiger partial charge in [0.2, 0.25) is 5.89 Å². The molecule has 110 valence electrons. The van der Waals surface area contributed by atoms with Crippen LogP contribution in [0.1, 0.15) is 42.7 Å². The van der Waals surface area contributed by atoms with Gasteiger partial charge in [0.1, 0.15) is 0 Å². The van der Waals surface area contributed by atoms with Crippen molar-refractivity contribution in [3.63, 3.8) is 0 Å². The highest BCUT2D eigenvalue weighted by atomic mass is 16.5. The number of carbonyl (C=O) groups excluding carboxylic acids is 1. The number of aliphatic carboxylic acids is 1. The first-order valence-electron chi connectivity index (χ1n) is 6.78. The van der Waals surface area contributed by atoms with Gasteiger partial charge in [-0.05, 0) is 24.7 Å². The number of hydrogen-bond donors (Lipinski definition) is 1. The topological polar surface area (TPSA) is 96.5 Å². The Morgan fingerprint density at radius 3 is 2.90 bits per heavy atom. The average molecular weight is 281 g/mol. The van der Waals surface area contributed by atoms with E-state index in [1.165, 1.54) is 0 Å². The van der Waals surface area contributed by atoms with Gasteiger partial charge in [-0.25, -0.2) is 0 Å². The fourth-order valence-corrected chi connectivity index (χ4v) is 2.63. The molecule has 2 rings (SSSR count). The van der Waals surface area contributed by atoms with Gasteiger partial charge >= 0.3 is 5.97 Å². The van der Waals surface area contributed by atoms with Crippen molar-refractivity contribution in [2.75, 3.05) is 13.1 Å². The van der Waals surface area contributed by atoms with E-state index in [0.29, 0.717) is 19.0 Å². The van der Waals surface area contributed by atoms with Gasteiger partial charge in [-0.15, -0.1) is 0 Å². The van der Waals surface area contributed by atoms with Crippen LogP contribution in [-0.4, -0.2) is 45.1 Å². The van der Waals surface area contributed by atoms with Gasteiger partial charge in [-0.1, -0.05) is 12.1 Å².